The van der Waals surface area contributed by atoms with Gasteiger partial charge in [0.05, 0.1) is 24.8 Å². The number of amidine groups is 1. The van der Waals surface area contributed by atoms with Crippen molar-refractivity contribution in [3.63, 3.8) is 0 Å². The summed E-state index contributed by atoms with van der Waals surface area (Å²) in [6, 6.07) is 2.06. The summed E-state index contributed by atoms with van der Waals surface area (Å²) < 4.78 is 25.7. The minimum absolute atomic E-state index is 0.0427. The molecule has 3 atom stereocenters. The van der Waals surface area contributed by atoms with Gasteiger partial charge in [-0.1, -0.05) is 12.1 Å². The highest BCUT2D eigenvalue weighted by atomic mass is 32.1. The highest BCUT2D eigenvalue weighted by Crippen LogP contribution is 2.70. The SMILES string of the molecule is CCOC(=O)C1=C(CN2CCN3C(=O)N(C45CC(COC)(C4)C5)C[C@@H]3[C@H]2C(=O)O)NC(c2nccs2)=N[C@H]1c1cccc(F)c1C. The highest BCUT2D eigenvalue weighted by Gasteiger charge is 2.72. The smallest absolute Gasteiger partial charge is 0.338 e. The number of nitrogens with zero attached hydrogens (tertiary/aromatic N) is 5. The van der Waals surface area contributed by atoms with Crippen LogP contribution < -0.4 is 5.32 Å². The molecular formula is C32H37FN6O6S. The molecule has 46 heavy (non-hydrogen) atoms. The van der Waals surface area contributed by atoms with Crippen LogP contribution in [0.15, 0.2) is 46.0 Å². The number of nitrogens with one attached hydrogen (secondary N) is 1. The first-order chi connectivity index (χ1) is 22.1. The molecule has 5 fully saturated rings. The van der Waals surface area contributed by atoms with Gasteiger partial charge in [-0.05, 0) is 50.3 Å². The number of ether oxygens (including phenoxy) is 2. The number of carboxylic acid groups (broad SMARTS) is 1. The van der Waals surface area contributed by atoms with Crippen molar-refractivity contribution in [1.29, 1.82) is 0 Å². The standard InChI is InChI=1S/C32H37FN6O6S/c1-4-45-29(42)23-21(35-26(27-34-8-11-46-27)36-24(23)19-6-5-7-20(33)18(19)2)12-37-9-10-38-22(25(37)28(40)41)13-39(30(38)43)32-14-31(15-32,16-32)17-44-3/h5-8,11,22,24-25H,4,9-10,12-17H2,1-3H3,(H,35,36)(H,40,41)/t22-,24+,25+,31?,32?/m1/s1. The zero-order valence-corrected chi connectivity index (χ0v) is 26.8. The minimum Gasteiger partial charge on any atom is -0.480 e. The van der Waals surface area contributed by atoms with E-state index in [2.05, 4.69) is 10.3 Å². The van der Waals surface area contributed by atoms with Crippen LogP contribution in [0.5, 0.6) is 0 Å². The largest absolute Gasteiger partial charge is 0.480 e. The lowest BCUT2D eigenvalue weighted by Crippen LogP contribution is -2.76. The summed E-state index contributed by atoms with van der Waals surface area (Å²) in [4.78, 5) is 54.9. The molecule has 0 spiro atoms. The number of aliphatic imine (C=N–C) groups is 1. The molecular weight excluding hydrogens is 615 g/mol. The molecule has 1 aromatic heterocycles. The molecule has 244 valence electrons. The average molecular weight is 653 g/mol. The van der Waals surface area contributed by atoms with E-state index in [4.69, 9.17) is 14.5 Å². The Labute approximate surface area is 269 Å². The number of halogens is 1. The van der Waals surface area contributed by atoms with Crippen LogP contribution in [-0.2, 0) is 19.1 Å². The number of aromatic nitrogens is 1. The summed E-state index contributed by atoms with van der Waals surface area (Å²) in [6.45, 7) is 5.12. The molecule has 2 bridgehead atoms. The molecule has 2 aromatic rings. The summed E-state index contributed by atoms with van der Waals surface area (Å²) in [5.74, 6) is -1.70. The zero-order chi connectivity index (χ0) is 32.4. The number of amides is 2. The van der Waals surface area contributed by atoms with Crippen LogP contribution in [0.25, 0.3) is 0 Å². The van der Waals surface area contributed by atoms with Gasteiger partial charge in [-0.15, -0.1) is 11.3 Å². The van der Waals surface area contributed by atoms with E-state index < -0.39 is 35.9 Å². The van der Waals surface area contributed by atoms with E-state index in [0.29, 0.717) is 47.4 Å². The third kappa shape index (κ3) is 4.80. The van der Waals surface area contributed by atoms with E-state index in [-0.39, 0.29) is 42.3 Å². The number of hydrogen-bond acceptors (Lipinski definition) is 10. The van der Waals surface area contributed by atoms with Gasteiger partial charge in [0, 0.05) is 61.5 Å². The van der Waals surface area contributed by atoms with Crippen LogP contribution in [0.1, 0.15) is 48.4 Å². The number of methoxy groups -OCH3 is 1. The zero-order valence-electron chi connectivity index (χ0n) is 26.0. The Balaban J connectivity index is 1.23. The second kappa shape index (κ2) is 11.4. The molecule has 14 heteroatoms. The van der Waals surface area contributed by atoms with Crippen molar-refractivity contribution in [3.05, 3.63) is 63.0 Å². The maximum absolute atomic E-state index is 14.8. The molecule has 12 nitrogen and oxygen atoms in total. The van der Waals surface area contributed by atoms with E-state index >= 15 is 0 Å². The number of carbonyl (C=O) groups excluding carboxylic acids is 2. The Kier molecular flexibility index (Phi) is 7.64. The van der Waals surface area contributed by atoms with Crippen LogP contribution in [0, 0.1) is 18.2 Å². The number of carbonyl (C=O) groups is 3. The van der Waals surface area contributed by atoms with Gasteiger partial charge in [-0.3, -0.25) is 14.7 Å². The van der Waals surface area contributed by atoms with Crippen molar-refractivity contribution in [2.24, 2.45) is 10.4 Å². The first kappa shape index (κ1) is 30.8. The van der Waals surface area contributed by atoms with E-state index in [1.807, 2.05) is 4.90 Å². The van der Waals surface area contributed by atoms with Gasteiger partial charge >= 0.3 is 18.0 Å². The van der Waals surface area contributed by atoms with E-state index in [1.165, 1.54) is 17.4 Å². The van der Waals surface area contributed by atoms with Crippen LogP contribution in [0.4, 0.5) is 9.18 Å². The van der Waals surface area contributed by atoms with Crippen LogP contribution in [0.3, 0.4) is 0 Å². The first-order valence-electron chi connectivity index (χ1n) is 15.5. The molecule has 0 unspecified atom stereocenters. The normalized spacial score (nSPS) is 30.3. The van der Waals surface area contributed by atoms with Crippen molar-refractivity contribution in [3.8, 4) is 0 Å². The number of esters is 1. The Morgan fingerprint density at radius 3 is 2.70 bits per heavy atom. The number of rotatable bonds is 10. The van der Waals surface area contributed by atoms with E-state index in [9.17, 15) is 23.9 Å². The molecule has 3 saturated carbocycles. The first-order valence-corrected chi connectivity index (χ1v) is 16.4. The predicted molar refractivity (Wildman–Crippen MR) is 166 cm³/mol. The number of hydrogen-bond donors (Lipinski definition) is 2. The number of carboxylic acids is 1. The monoisotopic (exact) mass is 652 g/mol. The Hall–Kier alpha value is -3.88. The third-order valence-corrected chi connectivity index (χ3v) is 11.0. The van der Waals surface area contributed by atoms with Gasteiger partial charge in [-0.25, -0.2) is 19.0 Å². The van der Waals surface area contributed by atoms with Gasteiger partial charge in [-0.2, -0.15) is 0 Å². The Bertz CT molecular complexity index is 1630. The number of piperazine rings is 1. The fraction of sp³-hybridized carbons (Fsp3) is 0.531. The number of thiazole rings is 1. The van der Waals surface area contributed by atoms with Crippen molar-refractivity contribution in [1.82, 2.24) is 25.0 Å². The van der Waals surface area contributed by atoms with Gasteiger partial charge in [0.25, 0.3) is 0 Å². The number of benzene rings is 1. The van der Waals surface area contributed by atoms with Gasteiger partial charge < -0.3 is 29.7 Å². The second-order valence-electron chi connectivity index (χ2n) is 13.0. The van der Waals surface area contributed by atoms with Crippen molar-refractivity contribution < 1.29 is 33.4 Å². The second-order valence-corrected chi connectivity index (χ2v) is 13.9. The van der Waals surface area contributed by atoms with Crippen LogP contribution >= 0.6 is 11.3 Å². The number of urea groups is 1. The number of fused-ring (bicyclic) bond motifs is 1. The topological polar surface area (TPSA) is 137 Å². The summed E-state index contributed by atoms with van der Waals surface area (Å²) >= 11 is 1.35. The molecule has 4 heterocycles. The predicted octanol–water partition coefficient (Wildman–Crippen LogP) is 2.94. The molecule has 3 aliphatic heterocycles. The van der Waals surface area contributed by atoms with Crippen LogP contribution in [0.2, 0.25) is 0 Å². The lowest BCUT2D eigenvalue weighted by atomic mass is 9.39. The molecule has 1 aromatic carbocycles. The molecule has 6 aliphatic rings. The fourth-order valence-electron chi connectivity index (χ4n) is 8.36. The third-order valence-electron chi connectivity index (χ3n) is 10.2. The molecule has 8 rings (SSSR count). The summed E-state index contributed by atoms with van der Waals surface area (Å²) in [7, 11) is 1.69. The lowest BCUT2D eigenvalue weighted by Gasteiger charge is -2.73. The van der Waals surface area contributed by atoms with Gasteiger partial charge in [0.2, 0.25) is 0 Å². The molecule has 0 radical (unpaired) electrons. The average Bonchev–Trinajstić information content (AvgIpc) is 3.64. The maximum atomic E-state index is 14.8. The quantitative estimate of drug-likeness (QED) is 0.372. The summed E-state index contributed by atoms with van der Waals surface area (Å²) in [6.07, 6.45) is 4.27. The summed E-state index contributed by atoms with van der Waals surface area (Å²) in [5.41, 5.74) is 1.35. The molecule has 2 amide bonds. The minimum atomic E-state index is -1.04. The van der Waals surface area contributed by atoms with E-state index in [0.717, 1.165) is 19.3 Å². The number of aliphatic carboxylic acids is 1. The van der Waals surface area contributed by atoms with Gasteiger partial charge in [0.1, 0.15) is 17.9 Å². The van der Waals surface area contributed by atoms with E-state index in [1.54, 1.807) is 54.5 Å². The Morgan fingerprint density at radius 2 is 2.02 bits per heavy atom. The van der Waals surface area contributed by atoms with Crippen LogP contribution in [-0.4, -0.2) is 113 Å². The summed E-state index contributed by atoms with van der Waals surface area (Å²) in [5, 5.41) is 16.2. The van der Waals surface area contributed by atoms with Gasteiger partial charge in [0.15, 0.2) is 10.8 Å². The van der Waals surface area contributed by atoms with Crippen molar-refractivity contribution in [2.45, 2.75) is 56.8 Å². The molecule has 2 saturated heterocycles. The molecule has 3 aliphatic carbocycles. The van der Waals surface area contributed by atoms with Crippen molar-refractivity contribution >= 4 is 35.1 Å². The fourth-order valence-corrected chi connectivity index (χ4v) is 8.94. The molecule has 2 N–H and O–H groups in total. The maximum Gasteiger partial charge on any atom is 0.338 e. The highest BCUT2D eigenvalue weighted by molar-refractivity contribution is 7.11. The lowest BCUT2D eigenvalue weighted by molar-refractivity contribution is -0.222. The van der Waals surface area contributed by atoms with Crippen molar-refractivity contribution in [2.75, 3.05) is 46.5 Å². The Morgan fingerprint density at radius 1 is 1.24 bits per heavy atom.